The van der Waals surface area contributed by atoms with Crippen LogP contribution in [0.25, 0.3) is 10.8 Å². The summed E-state index contributed by atoms with van der Waals surface area (Å²) in [5.41, 5.74) is 1.85. The van der Waals surface area contributed by atoms with Gasteiger partial charge >= 0.3 is 0 Å². The largest absolute Gasteiger partial charge is 0.332 e. The van der Waals surface area contributed by atoms with E-state index in [1.807, 2.05) is 72.9 Å². The third-order valence-corrected chi connectivity index (χ3v) is 4.45. The molecule has 0 aliphatic rings. The van der Waals surface area contributed by atoms with E-state index in [1.165, 1.54) is 0 Å². The van der Waals surface area contributed by atoms with Crippen LogP contribution in [0.5, 0.6) is 0 Å². The Kier molecular flexibility index (Phi) is 5.14. The van der Waals surface area contributed by atoms with Crippen molar-refractivity contribution < 1.29 is 10.1 Å². The van der Waals surface area contributed by atoms with E-state index in [2.05, 4.69) is 11.4 Å². The van der Waals surface area contributed by atoms with E-state index in [4.69, 9.17) is 11.6 Å². The van der Waals surface area contributed by atoms with Gasteiger partial charge in [-0.15, -0.1) is 0 Å². The van der Waals surface area contributed by atoms with Crippen LogP contribution in [-0.4, -0.2) is 11.9 Å². The maximum Gasteiger partial charge on any atom is 0.282 e. The SMILES string of the molecule is C[C@@H]([NH2+]Cc1ccccc1Cl)C(=O)Nc1ccc2ccccc2c1. The Morgan fingerprint density at radius 3 is 2.54 bits per heavy atom. The summed E-state index contributed by atoms with van der Waals surface area (Å²) < 4.78 is 0. The van der Waals surface area contributed by atoms with Crippen molar-refractivity contribution in [1.29, 1.82) is 0 Å². The summed E-state index contributed by atoms with van der Waals surface area (Å²) in [5.74, 6) is -0.0164. The number of carbonyl (C=O) groups excluding carboxylic acids is 1. The van der Waals surface area contributed by atoms with E-state index in [9.17, 15) is 4.79 Å². The van der Waals surface area contributed by atoms with Crippen LogP contribution < -0.4 is 10.6 Å². The second-order valence-corrected chi connectivity index (χ2v) is 6.28. The Balaban J connectivity index is 1.61. The first-order valence-corrected chi connectivity index (χ1v) is 8.37. The lowest BCUT2D eigenvalue weighted by atomic mass is 10.1. The number of nitrogens with one attached hydrogen (secondary N) is 1. The number of rotatable bonds is 5. The number of halogens is 1. The highest BCUT2D eigenvalue weighted by atomic mass is 35.5. The topological polar surface area (TPSA) is 45.7 Å². The van der Waals surface area contributed by atoms with E-state index in [1.54, 1.807) is 0 Å². The van der Waals surface area contributed by atoms with Gasteiger partial charge in [-0.1, -0.05) is 60.1 Å². The van der Waals surface area contributed by atoms with Crippen LogP contribution in [0.1, 0.15) is 12.5 Å². The van der Waals surface area contributed by atoms with Gasteiger partial charge in [-0.2, -0.15) is 0 Å². The number of amides is 1. The Hall–Kier alpha value is -2.36. The maximum absolute atomic E-state index is 12.4. The third kappa shape index (κ3) is 3.94. The molecule has 0 saturated carbocycles. The van der Waals surface area contributed by atoms with E-state index < -0.39 is 0 Å². The third-order valence-electron chi connectivity index (χ3n) is 4.08. The van der Waals surface area contributed by atoms with Gasteiger partial charge in [0, 0.05) is 16.3 Å². The molecule has 3 N–H and O–H groups in total. The molecule has 0 bridgehead atoms. The van der Waals surface area contributed by atoms with Gasteiger partial charge in [-0.3, -0.25) is 4.79 Å². The number of anilines is 1. The molecule has 0 saturated heterocycles. The average Bonchev–Trinajstić information content (AvgIpc) is 2.60. The van der Waals surface area contributed by atoms with Crippen molar-refractivity contribution in [2.75, 3.05) is 5.32 Å². The summed E-state index contributed by atoms with van der Waals surface area (Å²) >= 11 is 6.15. The fraction of sp³-hybridized carbons (Fsp3) is 0.150. The number of carbonyl (C=O) groups is 1. The Bertz CT molecular complexity index is 863. The van der Waals surface area contributed by atoms with Gasteiger partial charge in [0.25, 0.3) is 5.91 Å². The fourth-order valence-electron chi connectivity index (χ4n) is 2.60. The average molecular weight is 340 g/mol. The fourth-order valence-corrected chi connectivity index (χ4v) is 2.81. The van der Waals surface area contributed by atoms with Crippen LogP contribution in [0.15, 0.2) is 66.7 Å². The Morgan fingerprint density at radius 1 is 1.04 bits per heavy atom. The number of hydrogen-bond donors (Lipinski definition) is 2. The van der Waals surface area contributed by atoms with Crippen LogP contribution in [-0.2, 0) is 11.3 Å². The van der Waals surface area contributed by atoms with Crippen LogP contribution in [0.2, 0.25) is 5.02 Å². The molecular weight excluding hydrogens is 320 g/mol. The first kappa shape index (κ1) is 16.5. The minimum atomic E-state index is -0.201. The first-order valence-electron chi connectivity index (χ1n) is 8.00. The molecule has 24 heavy (non-hydrogen) atoms. The molecule has 3 nitrogen and oxygen atoms in total. The van der Waals surface area contributed by atoms with Crippen LogP contribution in [0, 0.1) is 0 Å². The molecule has 3 aromatic carbocycles. The molecule has 1 atom stereocenters. The zero-order valence-electron chi connectivity index (χ0n) is 13.5. The molecule has 122 valence electrons. The van der Waals surface area contributed by atoms with Gasteiger partial charge in [-0.25, -0.2) is 0 Å². The van der Waals surface area contributed by atoms with Gasteiger partial charge in [0.05, 0.1) is 0 Å². The van der Waals surface area contributed by atoms with Gasteiger partial charge in [0.2, 0.25) is 0 Å². The molecule has 3 aromatic rings. The van der Waals surface area contributed by atoms with Gasteiger partial charge in [-0.05, 0) is 35.9 Å². The summed E-state index contributed by atoms with van der Waals surface area (Å²) in [7, 11) is 0. The minimum absolute atomic E-state index is 0.0164. The van der Waals surface area contributed by atoms with Gasteiger partial charge < -0.3 is 10.6 Å². The minimum Gasteiger partial charge on any atom is -0.332 e. The number of fused-ring (bicyclic) bond motifs is 1. The Morgan fingerprint density at radius 2 is 1.75 bits per heavy atom. The quantitative estimate of drug-likeness (QED) is 0.733. The zero-order chi connectivity index (χ0) is 16.9. The monoisotopic (exact) mass is 339 g/mol. The predicted molar refractivity (Wildman–Crippen MR) is 99.1 cm³/mol. The summed E-state index contributed by atoms with van der Waals surface area (Å²) in [5, 5.41) is 7.97. The number of benzene rings is 3. The second-order valence-electron chi connectivity index (χ2n) is 5.87. The number of hydrogen-bond acceptors (Lipinski definition) is 1. The summed E-state index contributed by atoms with van der Waals surface area (Å²) in [6.45, 7) is 2.57. The zero-order valence-corrected chi connectivity index (χ0v) is 14.3. The summed E-state index contributed by atoms with van der Waals surface area (Å²) in [6.07, 6.45) is 0. The standard InChI is InChI=1S/C20H19ClN2O/c1-14(22-13-17-8-4-5-9-19(17)21)20(24)23-18-11-10-15-6-2-3-7-16(15)12-18/h2-12,14,22H,13H2,1H3,(H,23,24)/p+1/t14-/m1/s1. The van der Waals surface area contributed by atoms with Crippen molar-refractivity contribution in [1.82, 2.24) is 0 Å². The van der Waals surface area contributed by atoms with Crippen LogP contribution >= 0.6 is 11.6 Å². The van der Waals surface area contributed by atoms with E-state index in [-0.39, 0.29) is 11.9 Å². The highest BCUT2D eigenvalue weighted by Crippen LogP contribution is 2.18. The van der Waals surface area contributed by atoms with Crippen molar-refractivity contribution in [2.24, 2.45) is 0 Å². The van der Waals surface area contributed by atoms with E-state index in [0.717, 1.165) is 27.0 Å². The lowest BCUT2D eigenvalue weighted by Crippen LogP contribution is -2.90. The second kappa shape index (κ2) is 7.47. The van der Waals surface area contributed by atoms with Crippen molar-refractivity contribution in [3.05, 3.63) is 77.3 Å². The molecule has 0 heterocycles. The molecule has 0 aliphatic heterocycles. The maximum atomic E-state index is 12.4. The molecular formula is C20H20ClN2O+. The molecule has 0 fully saturated rings. The highest BCUT2D eigenvalue weighted by molar-refractivity contribution is 6.31. The van der Waals surface area contributed by atoms with E-state index in [0.29, 0.717) is 6.54 Å². The van der Waals surface area contributed by atoms with Crippen molar-refractivity contribution >= 4 is 34.0 Å². The lowest BCUT2D eigenvalue weighted by Gasteiger charge is -2.12. The number of nitrogens with two attached hydrogens (primary N) is 1. The molecule has 1 amide bonds. The van der Waals surface area contributed by atoms with Crippen molar-refractivity contribution in [2.45, 2.75) is 19.5 Å². The summed E-state index contributed by atoms with van der Waals surface area (Å²) in [4.78, 5) is 12.4. The van der Waals surface area contributed by atoms with Crippen molar-refractivity contribution in [3.63, 3.8) is 0 Å². The van der Waals surface area contributed by atoms with Crippen molar-refractivity contribution in [3.8, 4) is 0 Å². The lowest BCUT2D eigenvalue weighted by molar-refractivity contribution is -0.688. The molecule has 4 heteroatoms. The van der Waals surface area contributed by atoms with Gasteiger partial charge in [0.15, 0.2) is 6.04 Å². The van der Waals surface area contributed by atoms with Gasteiger partial charge in [0.1, 0.15) is 6.54 Å². The molecule has 0 unspecified atom stereocenters. The smallest absolute Gasteiger partial charge is 0.282 e. The Labute approximate surface area is 146 Å². The number of quaternary nitrogens is 1. The molecule has 0 aromatic heterocycles. The summed E-state index contributed by atoms with van der Waals surface area (Å²) in [6, 6.07) is 21.5. The molecule has 0 radical (unpaired) electrons. The molecule has 0 spiro atoms. The molecule has 3 rings (SSSR count). The molecule has 0 aliphatic carbocycles. The van der Waals surface area contributed by atoms with E-state index >= 15 is 0 Å². The predicted octanol–water partition coefficient (Wildman–Crippen LogP) is 3.58. The normalized spacial score (nSPS) is 12.1. The first-order chi connectivity index (χ1) is 11.6. The van der Waals surface area contributed by atoms with Crippen LogP contribution in [0.3, 0.4) is 0 Å². The highest BCUT2D eigenvalue weighted by Gasteiger charge is 2.16. The van der Waals surface area contributed by atoms with Crippen LogP contribution in [0.4, 0.5) is 5.69 Å².